The number of hydrogen-bond donors (Lipinski definition) is 3. The number of carbonyl (C=O) groups is 3. The van der Waals surface area contributed by atoms with Gasteiger partial charge in [0.15, 0.2) is 0 Å². The predicted molar refractivity (Wildman–Crippen MR) is 105 cm³/mol. The number of carbonyl (C=O) groups excluding carboxylic acids is 3. The number of rotatable bonds is 4. The number of likely N-dealkylation sites (N-methyl/N-ethyl adjacent to an activating group) is 1. The third kappa shape index (κ3) is 3.92. The van der Waals surface area contributed by atoms with Crippen LogP contribution in [0.5, 0.6) is 0 Å². The number of nitrogens with zero attached hydrogens (tertiary/aromatic N) is 1. The molecule has 3 amide bonds. The molecular weight excluding hydrogens is 344 g/mol. The predicted octanol–water partition coefficient (Wildman–Crippen LogP) is 2.39. The maximum absolute atomic E-state index is 12.7. The molecule has 27 heavy (non-hydrogen) atoms. The van der Waals surface area contributed by atoms with E-state index in [9.17, 15) is 14.4 Å². The van der Waals surface area contributed by atoms with Crippen LogP contribution in [0, 0.1) is 6.92 Å². The van der Waals surface area contributed by atoms with Crippen molar-refractivity contribution in [3.8, 4) is 0 Å². The van der Waals surface area contributed by atoms with Crippen molar-refractivity contribution in [1.82, 2.24) is 5.32 Å². The van der Waals surface area contributed by atoms with Gasteiger partial charge >= 0.3 is 0 Å². The summed E-state index contributed by atoms with van der Waals surface area (Å²) in [7, 11) is 1.83. The Hall–Kier alpha value is -3.35. The molecule has 3 rings (SSSR count). The second-order valence-electron chi connectivity index (χ2n) is 6.48. The first kappa shape index (κ1) is 18.4. The van der Waals surface area contributed by atoms with E-state index in [4.69, 9.17) is 0 Å². The lowest BCUT2D eigenvalue weighted by Crippen LogP contribution is -2.35. The SMILES string of the molecule is CCNC(=O)c1ccc(C)c(NC(=O)c2ccc3c(c2)NC(=O)CN3C)c1. The minimum Gasteiger partial charge on any atom is -0.364 e. The van der Waals surface area contributed by atoms with Crippen LogP contribution in [0.15, 0.2) is 36.4 Å². The van der Waals surface area contributed by atoms with Gasteiger partial charge in [0.2, 0.25) is 5.91 Å². The summed E-state index contributed by atoms with van der Waals surface area (Å²) in [5.41, 5.74) is 3.80. The molecule has 140 valence electrons. The lowest BCUT2D eigenvalue weighted by Gasteiger charge is -2.27. The molecule has 3 N–H and O–H groups in total. The molecule has 1 heterocycles. The fourth-order valence-electron chi connectivity index (χ4n) is 2.96. The quantitative estimate of drug-likeness (QED) is 0.775. The van der Waals surface area contributed by atoms with Gasteiger partial charge in [0.25, 0.3) is 11.8 Å². The molecule has 2 aromatic rings. The van der Waals surface area contributed by atoms with Crippen molar-refractivity contribution in [2.45, 2.75) is 13.8 Å². The van der Waals surface area contributed by atoms with Crippen molar-refractivity contribution in [2.75, 3.05) is 35.7 Å². The topological polar surface area (TPSA) is 90.5 Å². The van der Waals surface area contributed by atoms with Crippen LogP contribution in [0.1, 0.15) is 33.2 Å². The van der Waals surface area contributed by atoms with Crippen molar-refractivity contribution < 1.29 is 14.4 Å². The standard InChI is InChI=1S/C20H22N4O3/c1-4-21-19(26)13-6-5-12(2)15(9-13)23-20(27)14-7-8-17-16(10-14)22-18(25)11-24(17)3/h5-10H,4,11H2,1-3H3,(H,21,26)(H,22,25)(H,23,27). The van der Waals surface area contributed by atoms with Crippen LogP contribution in [-0.2, 0) is 4.79 Å². The average Bonchev–Trinajstić information content (AvgIpc) is 2.63. The van der Waals surface area contributed by atoms with Gasteiger partial charge in [-0.2, -0.15) is 0 Å². The third-order valence-electron chi connectivity index (χ3n) is 4.41. The highest BCUT2D eigenvalue weighted by Crippen LogP contribution is 2.29. The third-order valence-corrected chi connectivity index (χ3v) is 4.41. The van der Waals surface area contributed by atoms with Crippen LogP contribution in [-0.4, -0.2) is 37.9 Å². The van der Waals surface area contributed by atoms with Gasteiger partial charge in [-0.15, -0.1) is 0 Å². The van der Waals surface area contributed by atoms with E-state index in [0.717, 1.165) is 11.3 Å². The number of benzene rings is 2. The van der Waals surface area contributed by atoms with E-state index in [1.54, 1.807) is 30.3 Å². The zero-order valence-corrected chi connectivity index (χ0v) is 15.6. The molecule has 0 spiro atoms. The first-order chi connectivity index (χ1) is 12.9. The number of amides is 3. The first-order valence-electron chi connectivity index (χ1n) is 8.74. The van der Waals surface area contributed by atoms with Crippen LogP contribution >= 0.6 is 0 Å². The highest BCUT2D eigenvalue weighted by Gasteiger charge is 2.20. The Labute approximate surface area is 157 Å². The summed E-state index contributed by atoms with van der Waals surface area (Å²) in [6, 6.07) is 10.3. The van der Waals surface area contributed by atoms with Crippen molar-refractivity contribution in [3.63, 3.8) is 0 Å². The van der Waals surface area contributed by atoms with E-state index < -0.39 is 0 Å². The molecular formula is C20H22N4O3. The monoisotopic (exact) mass is 366 g/mol. The van der Waals surface area contributed by atoms with Crippen molar-refractivity contribution in [1.29, 1.82) is 0 Å². The second kappa shape index (κ2) is 7.49. The molecule has 2 aromatic carbocycles. The Kier molecular flexibility index (Phi) is 5.12. The molecule has 0 aliphatic carbocycles. The first-order valence-corrected chi connectivity index (χ1v) is 8.74. The normalized spacial score (nSPS) is 12.9. The van der Waals surface area contributed by atoms with Crippen molar-refractivity contribution >= 4 is 34.8 Å². The molecule has 0 radical (unpaired) electrons. The summed E-state index contributed by atoms with van der Waals surface area (Å²) in [5, 5.41) is 8.37. The summed E-state index contributed by atoms with van der Waals surface area (Å²) in [5.74, 6) is -0.614. The zero-order chi connectivity index (χ0) is 19.6. The van der Waals surface area contributed by atoms with E-state index in [2.05, 4.69) is 16.0 Å². The molecule has 0 saturated heterocycles. The number of nitrogens with one attached hydrogen (secondary N) is 3. The summed E-state index contributed by atoms with van der Waals surface area (Å²) in [4.78, 5) is 38.2. The van der Waals surface area contributed by atoms with Crippen molar-refractivity contribution in [2.24, 2.45) is 0 Å². The molecule has 0 aromatic heterocycles. The Morgan fingerprint density at radius 2 is 1.81 bits per heavy atom. The van der Waals surface area contributed by atoms with Crippen molar-refractivity contribution in [3.05, 3.63) is 53.1 Å². The molecule has 7 nitrogen and oxygen atoms in total. The number of aryl methyl sites for hydroxylation is 1. The van der Waals surface area contributed by atoms with Gasteiger partial charge < -0.3 is 20.9 Å². The Morgan fingerprint density at radius 1 is 1.11 bits per heavy atom. The lowest BCUT2D eigenvalue weighted by atomic mass is 10.1. The van der Waals surface area contributed by atoms with E-state index in [0.29, 0.717) is 29.0 Å². The largest absolute Gasteiger partial charge is 0.364 e. The maximum Gasteiger partial charge on any atom is 0.255 e. The van der Waals surface area contributed by atoms with Gasteiger partial charge in [-0.1, -0.05) is 6.07 Å². The number of hydrogen-bond acceptors (Lipinski definition) is 4. The number of anilines is 3. The second-order valence-corrected chi connectivity index (χ2v) is 6.48. The van der Waals surface area contributed by atoms with E-state index >= 15 is 0 Å². The highest BCUT2D eigenvalue weighted by atomic mass is 16.2. The number of fused-ring (bicyclic) bond motifs is 1. The maximum atomic E-state index is 12.7. The summed E-state index contributed by atoms with van der Waals surface area (Å²) in [6.45, 7) is 4.52. The Balaban J connectivity index is 1.84. The van der Waals surface area contributed by atoms with Gasteiger partial charge in [-0.05, 0) is 49.7 Å². The zero-order valence-electron chi connectivity index (χ0n) is 15.6. The van der Waals surface area contributed by atoms with Crippen LogP contribution in [0.2, 0.25) is 0 Å². The summed E-state index contributed by atoms with van der Waals surface area (Å²) >= 11 is 0. The molecule has 0 bridgehead atoms. The summed E-state index contributed by atoms with van der Waals surface area (Å²) < 4.78 is 0. The smallest absolute Gasteiger partial charge is 0.255 e. The molecule has 0 unspecified atom stereocenters. The van der Waals surface area contributed by atoms with E-state index in [-0.39, 0.29) is 24.3 Å². The van der Waals surface area contributed by atoms with E-state index in [1.807, 2.05) is 31.9 Å². The molecule has 1 aliphatic rings. The van der Waals surface area contributed by atoms with Gasteiger partial charge in [-0.25, -0.2) is 0 Å². The van der Waals surface area contributed by atoms with Gasteiger partial charge in [0.1, 0.15) is 0 Å². The van der Waals surface area contributed by atoms with Gasteiger partial charge in [-0.3, -0.25) is 14.4 Å². The molecule has 0 atom stereocenters. The minimum absolute atomic E-state index is 0.118. The fourth-order valence-corrected chi connectivity index (χ4v) is 2.96. The van der Waals surface area contributed by atoms with Gasteiger partial charge in [0.05, 0.1) is 17.9 Å². The molecule has 0 saturated carbocycles. The Bertz CT molecular complexity index is 923. The van der Waals surface area contributed by atoms with E-state index in [1.165, 1.54) is 0 Å². The average molecular weight is 366 g/mol. The van der Waals surface area contributed by atoms with Crippen LogP contribution in [0.3, 0.4) is 0 Å². The lowest BCUT2D eigenvalue weighted by molar-refractivity contribution is -0.115. The molecule has 7 heteroatoms. The molecule has 0 fully saturated rings. The van der Waals surface area contributed by atoms with Crippen LogP contribution in [0.25, 0.3) is 0 Å². The van der Waals surface area contributed by atoms with Gasteiger partial charge in [0, 0.05) is 30.4 Å². The highest BCUT2D eigenvalue weighted by molar-refractivity contribution is 6.08. The minimum atomic E-state index is -0.309. The van der Waals surface area contributed by atoms with Crippen LogP contribution < -0.4 is 20.9 Å². The Morgan fingerprint density at radius 3 is 2.56 bits per heavy atom. The molecule has 1 aliphatic heterocycles. The van der Waals surface area contributed by atoms with Crippen LogP contribution in [0.4, 0.5) is 17.1 Å². The fraction of sp³-hybridized carbons (Fsp3) is 0.250. The summed E-state index contributed by atoms with van der Waals surface area (Å²) in [6.07, 6.45) is 0.